The number of pyridine rings is 1. The fourth-order valence-electron chi connectivity index (χ4n) is 3.75. The molecule has 0 amide bonds. The minimum atomic E-state index is -0.271. The number of ether oxygens (including phenoxy) is 2. The SMILES string of the molecule is COc1ccc(OCC2(c3ccccc3)CC2C(=O)Cc2ccccn2)cc1. The van der Waals surface area contributed by atoms with E-state index in [1.807, 2.05) is 60.7 Å². The first-order chi connectivity index (χ1) is 13.7. The summed E-state index contributed by atoms with van der Waals surface area (Å²) in [6, 6.07) is 23.4. The van der Waals surface area contributed by atoms with E-state index in [1.165, 1.54) is 0 Å². The summed E-state index contributed by atoms with van der Waals surface area (Å²) in [5, 5.41) is 0. The predicted molar refractivity (Wildman–Crippen MR) is 108 cm³/mol. The molecule has 2 atom stereocenters. The van der Waals surface area contributed by atoms with E-state index in [9.17, 15) is 4.79 Å². The molecule has 0 radical (unpaired) electrons. The van der Waals surface area contributed by atoms with Crippen molar-refractivity contribution in [1.29, 1.82) is 0 Å². The molecule has 1 saturated carbocycles. The van der Waals surface area contributed by atoms with Crippen LogP contribution in [0.4, 0.5) is 0 Å². The highest BCUT2D eigenvalue weighted by Gasteiger charge is 2.59. The topological polar surface area (TPSA) is 48.4 Å². The summed E-state index contributed by atoms with van der Waals surface area (Å²) in [6.07, 6.45) is 2.90. The Hall–Kier alpha value is -3.14. The van der Waals surface area contributed by atoms with Gasteiger partial charge in [0, 0.05) is 29.6 Å². The van der Waals surface area contributed by atoms with Crippen LogP contribution in [0.25, 0.3) is 0 Å². The molecule has 2 unspecified atom stereocenters. The first-order valence-corrected chi connectivity index (χ1v) is 9.46. The van der Waals surface area contributed by atoms with E-state index in [4.69, 9.17) is 9.47 Å². The summed E-state index contributed by atoms with van der Waals surface area (Å²) in [5.74, 6) is 1.75. The summed E-state index contributed by atoms with van der Waals surface area (Å²) in [6.45, 7) is 0.474. The maximum Gasteiger partial charge on any atom is 0.142 e. The van der Waals surface area contributed by atoms with Gasteiger partial charge < -0.3 is 9.47 Å². The third kappa shape index (κ3) is 3.77. The summed E-state index contributed by atoms with van der Waals surface area (Å²) in [5.41, 5.74) is 1.70. The number of carbonyl (C=O) groups is 1. The van der Waals surface area contributed by atoms with E-state index in [2.05, 4.69) is 17.1 Å². The summed E-state index contributed by atoms with van der Waals surface area (Å²) >= 11 is 0. The Morgan fingerprint density at radius 2 is 1.71 bits per heavy atom. The molecule has 1 aromatic heterocycles. The van der Waals surface area contributed by atoms with E-state index in [0.29, 0.717) is 13.0 Å². The van der Waals surface area contributed by atoms with Crippen molar-refractivity contribution in [2.75, 3.05) is 13.7 Å². The minimum absolute atomic E-state index is 0.0462. The van der Waals surface area contributed by atoms with Crippen LogP contribution >= 0.6 is 0 Å². The maximum absolute atomic E-state index is 12.9. The molecule has 0 spiro atoms. The monoisotopic (exact) mass is 373 g/mol. The Balaban J connectivity index is 1.50. The van der Waals surface area contributed by atoms with E-state index in [0.717, 1.165) is 29.2 Å². The van der Waals surface area contributed by atoms with Crippen molar-refractivity contribution in [3.8, 4) is 11.5 Å². The first kappa shape index (κ1) is 18.2. The number of hydrogen-bond donors (Lipinski definition) is 0. The lowest BCUT2D eigenvalue weighted by atomic mass is 9.92. The second kappa shape index (κ2) is 7.85. The second-order valence-corrected chi connectivity index (χ2v) is 7.21. The van der Waals surface area contributed by atoms with Crippen LogP contribution in [0.5, 0.6) is 11.5 Å². The number of aromatic nitrogens is 1. The largest absolute Gasteiger partial charge is 0.497 e. The fraction of sp³-hybridized carbons (Fsp3) is 0.250. The molecule has 28 heavy (non-hydrogen) atoms. The number of Topliss-reactive ketones (excluding diaryl/α,β-unsaturated/α-hetero) is 1. The van der Waals surface area contributed by atoms with Crippen LogP contribution in [0.2, 0.25) is 0 Å². The zero-order chi connectivity index (χ0) is 19.4. The molecule has 1 aliphatic rings. The molecular weight excluding hydrogens is 350 g/mol. The van der Waals surface area contributed by atoms with E-state index in [-0.39, 0.29) is 17.1 Å². The van der Waals surface area contributed by atoms with Crippen LogP contribution in [0, 0.1) is 5.92 Å². The van der Waals surface area contributed by atoms with Gasteiger partial charge in [0.2, 0.25) is 0 Å². The Morgan fingerprint density at radius 3 is 2.39 bits per heavy atom. The van der Waals surface area contributed by atoms with Crippen molar-refractivity contribution in [1.82, 2.24) is 4.98 Å². The van der Waals surface area contributed by atoms with Gasteiger partial charge in [-0.15, -0.1) is 0 Å². The van der Waals surface area contributed by atoms with Gasteiger partial charge in [0.15, 0.2) is 0 Å². The molecule has 1 aliphatic carbocycles. The lowest BCUT2D eigenvalue weighted by Crippen LogP contribution is -2.24. The quantitative estimate of drug-likeness (QED) is 0.593. The normalized spacial score (nSPS) is 20.4. The molecule has 4 heteroatoms. The standard InChI is InChI=1S/C24H23NO3/c1-27-20-10-12-21(13-11-20)28-17-24(18-7-3-2-4-8-18)16-22(24)23(26)15-19-9-5-6-14-25-19/h2-14,22H,15-17H2,1H3. The average molecular weight is 373 g/mol. The van der Waals surface area contributed by atoms with Crippen LogP contribution in [0.15, 0.2) is 79.0 Å². The lowest BCUT2D eigenvalue weighted by Gasteiger charge is -2.19. The molecule has 0 saturated heterocycles. The molecule has 2 aromatic carbocycles. The predicted octanol–water partition coefficient (Wildman–Crippen LogP) is 4.24. The Morgan fingerprint density at radius 1 is 1.00 bits per heavy atom. The van der Waals surface area contributed by atoms with Crippen molar-refractivity contribution in [3.05, 3.63) is 90.3 Å². The van der Waals surface area contributed by atoms with Crippen LogP contribution in [0.1, 0.15) is 17.7 Å². The smallest absolute Gasteiger partial charge is 0.142 e. The van der Waals surface area contributed by atoms with Gasteiger partial charge in [0.25, 0.3) is 0 Å². The molecule has 4 nitrogen and oxygen atoms in total. The van der Waals surface area contributed by atoms with Gasteiger partial charge in [-0.3, -0.25) is 9.78 Å². The summed E-state index contributed by atoms with van der Waals surface area (Å²) < 4.78 is 11.3. The van der Waals surface area contributed by atoms with Crippen molar-refractivity contribution in [2.45, 2.75) is 18.3 Å². The van der Waals surface area contributed by atoms with Gasteiger partial charge in [-0.2, -0.15) is 0 Å². The Labute approximate surface area is 165 Å². The van der Waals surface area contributed by atoms with Crippen molar-refractivity contribution >= 4 is 5.78 Å². The van der Waals surface area contributed by atoms with Crippen LogP contribution in [0.3, 0.4) is 0 Å². The van der Waals surface area contributed by atoms with E-state index < -0.39 is 0 Å². The minimum Gasteiger partial charge on any atom is -0.497 e. The van der Waals surface area contributed by atoms with Crippen LogP contribution in [-0.2, 0) is 16.6 Å². The number of rotatable bonds is 8. The molecule has 1 fully saturated rings. The van der Waals surface area contributed by atoms with Gasteiger partial charge in [-0.05, 0) is 48.4 Å². The van der Waals surface area contributed by atoms with Crippen molar-refractivity contribution in [2.24, 2.45) is 5.92 Å². The van der Waals surface area contributed by atoms with Gasteiger partial charge in [0.05, 0.1) is 13.7 Å². The second-order valence-electron chi connectivity index (χ2n) is 7.21. The number of hydrogen-bond acceptors (Lipinski definition) is 4. The summed E-state index contributed by atoms with van der Waals surface area (Å²) in [7, 11) is 1.64. The lowest BCUT2D eigenvalue weighted by molar-refractivity contribution is -0.120. The van der Waals surface area contributed by atoms with E-state index >= 15 is 0 Å². The van der Waals surface area contributed by atoms with Gasteiger partial charge in [-0.1, -0.05) is 36.4 Å². The zero-order valence-electron chi connectivity index (χ0n) is 15.9. The molecule has 4 rings (SSSR count). The van der Waals surface area contributed by atoms with Crippen LogP contribution in [-0.4, -0.2) is 24.5 Å². The maximum atomic E-state index is 12.9. The number of methoxy groups -OCH3 is 1. The fourth-order valence-corrected chi connectivity index (χ4v) is 3.75. The molecule has 0 N–H and O–H groups in total. The van der Waals surface area contributed by atoms with Crippen LogP contribution < -0.4 is 9.47 Å². The summed E-state index contributed by atoms with van der Waals surface area (Å²) in [4.78, 5) is 17.2. The highest BCUT2D eigenvalue weighted by Crippen LogP contribution is 2.55. The molecule has 0 bridgehead atoms. The van der Waals surface area contributed by atoms with Crippen molar-refractivity contribution < 1.29 is 14.3 Å². The zero-order valence-corrected chi connectivity index (χ0v) is 15.9. The molecule has 0 aliphatic heterocycles. The third-order valence-electron chi connectivity index (χ3n) is 5.45. The van der Waals surface area contributed by atoms with Gasteiger partial charge in [-0.25, -0.2) is 0 Å². The number of carbonyl (C=O) groups excluding carboxylic acids is 1. The number of benzene rings is 2. The molecule has 1 heterocycles. The highest BCUT2D eigenvalue weighted by atomic mass is 16.5. The average Bonchev–Trinajstić information content (AvgIpc) is 3.50. The van der Waals surface area contributed by atoms with Gasteiger partial charge >= 0.3 is 0 Å². The van der Waals surface area contributed by atoms with Gasteiger partial charge in [0.1, 0.15) is 17.3 Å². The third-order valence-corrected chi connectivity index (χ3v) is 5.45. The number of ketones is 1. The molecular formula is C24H23NO3. The van der Waals surface area contributed by atoms with Crippen molar-refractivity contribution in [3.63, 3.8) is 0 Å². The molecule has 142 valence electrons. The van der Waals surface area contributed by atoms with E-state index in [1.54, 1.807) is 13.3 Å². The first-order valence-electron chi connectivity index (χ1n) is 9.46. The molecule has 3 aromatic rings. The Bertz CT molecular complexity index is 925. The highest BCUT2D eigenvalue weighted by molar-refractivity contribution is 5.88. The number of nitrogens with zero attached hydrogens (tertiary/aromatic N) is 1. The Kier molecular flexibility index (Phi) is 5.11.